The molecule has 0 aromatic heterocycles. The summed E-state index contributed by atoms with van der Waals surface area (Å²) in [4.78, 5) is 32.0. The molecular formula is C7H10BrN3O5. The first-order valence-electron chi connectivity index (χ1n) is 4.62. The summed E-state index contributed by atoms with van der Waals surface area (Å²) >= 11 is 3.02. The Labute approximate surface area is 99.0 Å². The van der Waals surface area contributed by atoms with Crippen molar-refractivity contribution < 1.29 is 14.6 Å². The van der Waals surface area contributed by atoms with E-state index in [-0.39, 0.29) is 25.8 Å². The highest BCUT2D eigenvalue weighted by Gasteiger charge is 2.66. The molecule has 1 heterocycles. The highest BCUT2D eigenvalue weighted by Crippen LogP contribution is 2.31. The third kappa shape index (κ3) is 1.86. The van der Waals surface area contributed by atoms with Crippen molar-refractivity contribution in [1.82, 2.24) is 4.90 Å². The van der Waals surface area contributed by atoms with Crippen LogP contribution in [-0.4, -0.2) is 38.3 Å². The molecule has 0 atom stereocenters. The molecule has 0 aromatic rings. The molecule has 0 aliphatic carbocycles. The lowest BCUT2D eigenvalue weighted by Gasteiger charge is -2.22. The summed E-state index contributed by atoms with van der Waals surface area (Å²) in [5.41, 5.74) is 0. The maximum absolute atomic E-state index is 11.6. The monoisotopic (exact) mass is 295 g/mol. The van der Waals surface area contributed by atoms with Gasteiger partial charge in [0.05, 0.1) is 0 Å². The highest BCUT2D eigenvalue weighted by molar-refractivity contribution is 9.09. The quantitative estimate of drug-likeness (QED) is 0.327. The number of alkyl halides is 1. The van der Waals surface area contributed by atoms with E-state index in [1.165, 1.54) is 0 Å². The van der Waals surface area contributed by atoms with Gasteiger partial charge in [-0.2, -0.15) is 0 Å². The van der Waals surface area contributed by atoms with E-state index in [0.717, 1.165) is 4.90 Å². The molecule has 0 saturated carbocycles. The van der Waals surface area contributed by atoms with Crippen LogP contribution in [0, 0.1) is 20.2 Å². The van der Waals surface area contributed by atoms with Crippen molar-refractivity contribution in [1.29, 1.82) is 0 Å². The summed E-state index contributed by atoms with van der Waals surface area (Å²) in [6, 6.07) is 0. The van der Waals surface area contributed by atoms with Gasteiger partial charge in [0, 0.05) is 18.3 Å². The Bertz CT molecular complexity index is 320. The third-order valence-corrected chi connectivity index (χ3v) is 2.92. The van der Waals surface area contributed by atoms with Gasteiger partial charge in [-0.05, 0) is 6.42 Å². The lowest BCUT2D eigenvalue weighted by atomic mass is 10.2. The van der Waals surface area contributed by atoms with E-state index in [2.05, 4.69) is 15.9 Å². The van der Waals surface area contributed by atoms with E-state index >= 15 is 0 Å². The van der Waals surface area contributed by atoms with E-state index in [1.807, 2.05) is 0 Å². The van der Waals surface area contributed by atoms with E-state index in [9.17, 15) is 25.0 Å². The smallest absolute Gasteiger partial charge is 0.274 e. The average molecular weight is 296 g/mol. The molecule has 0 unspecified atom stereocenters. The van der Waals surface area contributed by atoms with Crippen LogP contribution in [0.4, 0.5) is 0 Å². The minimum Gasteiger partial charge on any atom is -0.274 e. The molecule has 0 spiro atoms. The van der Waals surface area contributed by atoms with Crippen LogP contribution in [0.15, 0.2) is 0 Å². The van der Waals surface area contributed by atoms with Gasteiger partial charge in [0.1, 0.15) is 16.3 Å². The van der Waals surface area contributed by atoms with Gasteiger partial charge in [-0.15, -0.1) is 0 Å². The molecule has 0 bridgehead atoms. The number of hydrogen-bond acceptors (Lipinski definition) is 5. The SMILES string of the molecule is O=C(CCBr)N1CCCC1([N+](=O)[O-])[N+](=O)[O-]. The average Bonchev–Trinajstić information content (AvgIpc) is 2.62. The summed E-state index contributed by atoms with van der Waals surface area (Å²) in [5, 5.41) is 22.0. The topological polar surface area (TPSA) is 107 Å². The molecule has 1 fully saturated rings. The minimum absolute atomic E-state index is 0.0173. The van der Waals surface area contributed by atoms with E-state index in [0.29, 0.717) is 5.33 Å². The first kappa shape index (κ1) is 12.8. The Morgan fingerprint density at radius 2 is 1.94 bits per heavy atom. The lowest BCUT2D eigenvalue weighted by molar-refractivity contribution is -0.817. The van der Waals surface area contributed by atoms with Crippen LogP contribution in [0.3, 0.4) is 0 Å². The molecule has 8 nitrogen and oxygen atoms in total. The number of nitrogens with zero attached hydrogens (tertiary/aromatic N) is 3. The van der Waals surface area contributed by atoms with Gasteiger partial charge in [0.25, 0.3) is 0 Å². The maximum Gasteiger partial charge on any atom is 0.546 e. The second kappa shape index (κ2) is 4.73. The van der Waals surface area contributed by atoms with Crippen molar-refractivity contribution in [2.24, 2.45) is 0 Å². The Kier molecular flexibility index (Phi) is 3.79. The number of halogens is 1. The Hall–Kier alpha value is -1.25. The molecule has 0 radical (unpaired) electrons. The molecule has 1 saturated heterocycles. The standard InChI is InChI=1S/C7H10BrN3O5/c8-4-2-6(12)9-5-1-3-7(9,10(13)14)11(15)16/h1-5H2. The van der Waals surface area contributed by atoms with Gasteiger partial charge >= 0.3 is 5.79 Å². The number of hydrogen-bond donors (Lipinski definition) is 0. The highest BCUT2D eigenvalue weighted by atomic mass is 79.9. The Morgan fingerprint density at radius 1 is 1.38 bits per heavy atom. The molecule has 16 heavy (non-hydrogen) atoms. The van der Waals surface area contributed by atoms with Crippen LogP contribution in [0.25, 0.3) is 0 Å². The van der Waals surface area contributed by atoms with Gasteiger partial charge in [-0.3, -0.25) is 25.0 Å². The predicted octanol–water partition coefficient (Wildman–Crippen LogP) is 0.601. The van der Waals surface area contributed by atoms with Crippen molar-refractivity contribution in [3.8, 4) is 0 Å². The molecule has 0 N–H and O–H groups in total. The molecule has 90 valence electrons. The second-order valence-electron chi connectivity index (χ2n) is 3.38. The first-order chi connectivity index (χ1) is 7.46. The van der Waals surface area contributed by atoms with Gasteiger partial charge in [-0.1, -0.05) is 15.9 Å². The van der Waals surface area contributed by atoms with Gasteiger partial charge in [0.15, 0.2) is 0 Å². The number of carbonyl (C=O) groups excluding carboxylic acids is 1. The van der Waals surface area contributed by atoms with Gasteiger partial charge in [-0.25, -0.2) is 4.90 Å². The zero-order valence-corrected chi connectivity index (χ0v) is 9.88. The first-order valence-corrected chi connectivity index (χ1v) is 5.74. The molecule has 1 rings (SSSR count). The van der Waals surface area contributed by atoms with Crippen LogP contribution in [0.2, 0.25) is 0 Å². The normalized spacial score (nSPS) is 18.4. The third-order valence-electron chi connectivity index (χ3n) is 2.52. The summed E-state index contributed by atoms with van der Waals surface area (Å²) in [7, 11) is 0. The molecule has 1 aliphatic heterocycles. The lowest BCUT2D eigenvalue weighted by Crippen LogP contribution is -2.58. The summed E-state index contributed by atoms with van der Waals surface area (Å²) in [6.07, 6.45) is 0.0560. The number of nitro groups is 2. The maximum atomic E-state index is 11.6. The van der Waals surface area contributed by atoms with Crippen molar-refractivity contribution in [2.75, 3.05) is 11.9 Å². The molecule has 1 amide bonds. The molecule has 1 aliphatic rings. The van der Waals surface area contributed by atoms with Crippen LogP contribution in [0.5, 0.6) is 0 Å². The summed E-state index contributed by atoms with van der Waals surface area (Å²) in [5.74, 6) is -3.03. The molecular weight excluding hydrogens is 286 g/mol. The number of amides is 1. The predicted molar refractivity (Wildman–Crippen MR) is 56.1 cm³/mol. The van der Waals surface area contributed by atoms with Crippen molar-refractivity contribution in [2.45, 2.75) is 25.0 Å². The van der Waals surface area contributed by atoms with Gasteiger partial charge < -0.3 is 0 Å². The van der Waals surface area contributed by atoms with E-state index < -0.39 is 21.5 Å². The molecule has 9 heteroatoms. The Morgan fingerprint density at radius 3 is 2.38 bits per heavy atom. The van der Waals surface area contributed by atoms with Crippen LogP contribution in [-0.2, 0) is 4.79 Å². The number of rotatable bonds is 4. The van der Waals surface area contributed by atoms with E-state index in [1.54, 1.807) is 0 Å². The van der Waals surface area contributed by atoms with Gasteiger partial charge in [0.2, 0.25) is 5.91 Å². The van der Waals surface area contributed by atoms with Crippen LogP contribution >= 0.6 is 15.9 Å². The van der Waals surface area contributed by atoms with Crippen LogP contribution < -0.4 is 0 Å². The number of carbonyl (C=O) groups is 1. The number of likely N-dealkylation sites (tertiary alicyclic amines) is 1. The zero-order valence-electron chi connectivity index (χ0n) is 8.30. The minimum atomic E-state index is -2.46. The van der Waals surface area contributed by atoms with Crippen LogP contribution in [0.1, 0.15) is 19.3 Å². The zero-order chi connectivity index (χ0) is 12.3. The summed E-state index contributed by atoms with van der Waals surface area (Å²) < 4.78 is 0. The largest absolute Gasteiger partial charge is 0.546 e. The fourth-order valence-corrected chi connectivity index (χ4v) is 2.11. The fraction of sp³-hybridized carbons (Fsp3) is 0.857. The van der Waals surface area contributed by atoms with Crippen molar-refractivity contribution in [3.63, 3.8) is 0 Å². The Balaban J connectivity index is 3.03. The summed E-state index contributed by atoms with van der Waals surface area (Å²) in [6.45, 7) is 0.0633. The van der Waals surface area contributed by atoms with Crippen molar-refractivity contribution in [3.05, 3.63) is 20.2 Å². The van der Waals surface area contributed by atoms with E-state index in [4.69, 9.17) is 0 Å². The fourth-order valence-electron chi connectivity index (χ4n) is 1.77. The molecule has 0 aromatic carbocycles. The second-order valence-corrected chi connectivity index (χ2v) is 4.17. The van der Waals surface area contributed by atoms with Crippen molar-refractivity contribution >= 4 is 21.8 Å².